The Hall–Kier alpha value is -3.21. The van der Waals surface area contributed by atoms with Gasteiger partial charge in [-0.1, -0.05) is 73.3 Å². The van der Waals surface area contributed by atoms with Crippen LogP contribution in [0.4, 0.5) is 0 Å². The predicted octanol–water partition coefficient (Wildman–Crippen LogP) is 5.43. The van der Waals surface area contributed by atoms with Gasteiger partial charge in [-0.2, -0.15) is 0 Å². The second-order valence-electron chi connectivity index (χ2n) is 9.72. The molecule has 2 unspecified atom stereocenters. The molecule has 0 bridgehead atoms. The van der Waals surface area contributed by atoms with Crippen LogP contribution < -0.4 is 11.1 Å². The fourth-order valence-electron chi connectivity index (χ4n) is 4.75. The molecular weight excluding hydrogens is 428 g/mol. The zero-order valence-corrected chi connectivity index (χ0v) is 21.1. The van der Waals surface area contributed by atoms with Gasteiger partial charge in [-0.3, -0.25) is 9.89 Å². The molecule has 0 saturated carbocycles. The summed E-state index contributed by atoms with van der Waals surface area (Å²) in [6, 6.07) is 18.8. The molecule has 1 aliphatic heterocycles. The van der Waals surface area contributed by atoms with Gasteiger partial charge in [0.05, 0.1) is 6.04 Å². The van der Waals surface area contributed by atoms with Crippen LogP contribution in [-0.2, 0) is 13.0 Å². The molecule has 1 heterocycles. The van der Waals surface area contributed by atoms with Crippen molar-refractivity contribution in [3.8, 4) is 11.1 Å². The first-order valence-electron chi connectivity index (χ1n) is 12.6. The third kappa shape index (κ3) is 7.38. The Morgan fingerprint density at radius 2 is 1.80 bits per heavy atom. The second-order valence-corrected chi connectivity index (χ2v) is 9.72. The van der Waals surface area contributed by atoms with E-state index in [9.17, 15) is 0 Å². The van der Waals surface area contributed by atoms with Crippen molar-refractivity contribution in [2.45, 2.75) is 45.3 Å². The molecule has 1 saturated heterocycles. The van der Waals surface area contributed by atoms with E-state index < -0.39 is 0 Å². The van der Waals surface area contributed by atoms with Crippen molar-refractivity contribution >= 4 is 5.71 Å². The molecule has 0 radical (unpaired) electrons. The first kappa shape index (κ1) is 24.9. The third-order valence-corrected chi connectivity index (χ3v) is 6.64. The highest BCUT2D eigenvalue weighted by atomic mass is 15.2. The van der Waals surface area contributed by atoms with E-state index in [-0.39, 0.29) is 6.04 Å². The normalized spacial score (nSPS) is 21.6. The van der Waals surface area contributed by atoms with E-state index in [2.05, 4.69) is 90.5 Å². The Morgan fingerprint density at radius 1 is 1.11 bits per heavy atom. The molecule has 182 valence electrons. The maximum atomic E-state index is 5.81. The Labute approximate surface area is 210 Å². The van der Waals surface area contributed by atoms with Crippen LogP contribution in [0.5, 0.6) is 0 Å². The van der Waals surface area contributed by atoms with Crippen molar-refractivity contribution in [2.75, 3.05) is 19.6 Å². The molecule has 0 spiro atoms. The Balaban J connectivity index is 1.31. The third-order valence-electron chi connectivity index (χ3n) is 6.64. The van der Waals surface area contributed by atoms with Crippen LogP contribution in [-0.4, -0.2) is 42.3 Å². The van der Waals surface area contributed by atoms with Gasteiger partial charge in [-0.25, -0.2) is 0 Å². The number of aliphatic imine (C=N–C) groups is 1. The van der Waals surface area contributed by atoms with Crippen LogP contribution in [0.15, 0.2) is 102 Å². The summed E-state index contributed by atoms with van der Waals surface area (Å²) in [7, 11) is 0. The highest BCUT2D eigenvalue weighted by molar-refractivity contribution is 5.93. The number of hydrogen-bond acceptors (Lipinski definition) is 4. The quantitative estimate of drug-likeness (QED) is 0.403. The number of rotatable bonds is 8. The van der Waals surface area contributed by atoms with Gasteiger partial charge >= 0.3 is 0 Å². The lowest BCUT2D eigenvalue weighted by molar-refractivity contribution is 0.199. The van der Waals surface area contributed by atoms with E-state index in [0.717, 1.165) is 44.7 Å². The van der Waals surface area contributed by atoms with E-state index in [4.69, 9.17) is 10.7 Å². The summed E-state index contributed by atoms with van der Waals surface area (Å²) < 4.78 is 0. The zero-order valence-electron chi connectivity index (χ0n) is 21.1. The van der Waals surface area contributed by atoms with Gasteiger partial charge in [0.1, 0.15) is 0 Å². The lowest BCUT2D eigenvalue weighted by Gasteiger charge is -2.31. The van der Waals surface area contributed by atoms with E-state index in [0.29, 0.717) is 11.7 Å². The fraction of sp³-hybridized carbons (Fsp3) is 0.323. The van der Waals surface area contributed by atoms with E-state index >= 15 is 0 Å². The molecular formula is C31H38N4. The molecule has 2 atom stereocenters. The number of allylic oxidation sites excluding steroid dienone is 4. The van der Waals surface area contributed by atoms with Crippen molar-refractivity contribution in [2.24, 2.45) is 10.7 Å². The van der Waals surface area contributed by atoms with Crippen LogP contribution >= 0.6 is 0 Å². The Kier molecular flexibility index (Phi) is 8.51. The smallest absolute Gasteiger partial charge is 0.0720 e. The van der Waals surface area contributed by atoms with Crippen molar-refractivity contribution in [1.29, 1.82) is 0 Å². The van der Waals surface area contributed by atoms with Crippen molar-refractivity contribution < 1.29 is 0 Å². The molecule has 4 nitrogen and oxygen atoms in total. The van der Waals surface area contributed by atoms with Crippen LogP contribution in [0.25, 0.3) is 11.1 Å². The van der Waals surface area contributed by atoms with Gasteiger partial charge in [-0.15, -0.1) is 0 Å². The number of benzene rings is 2. The monoisotopic (exact) mass is 466 g/mol. The van der Waals surface area contributed by atoms with Gasteiger partial charge in [0.25, 0.3) is 0 Å². The lowest BCUT2D eigenvalue weighted by atomic mass is 9.96. The number of nitrogens with one attached hydrogen (secondary N) is 1. The number of nitrogens with zero attached hydrogens (tertiary/aromatic N) is 2. The number of nitrogens with two attached hydrogens (primary N) is 1. The summed E-state index contributed by atoms with van der Waals surface area (Å²) in [5.74, 6) is 0. The van der Waals surface area contributed by atoms with Gasteiger partial charge in [-0.05, 0) is 66.7 Å². The highest BCUT2D eigenvalue weighted by Crippen LogP contribution is 2.23. The Morgan fingerprint density at radius 3 is 2.40 bits per heavy atom. The summed E-state index contributed by atoms with van der Waals surface area (Å²) in [4.78, 5) is 7.26. The summed E-state index contributed by atoms with van der Waals surface area (Å²) in [5.41, 5.74) is 14.0. The molecule has 35 heavy (non-hydrogen) atoms. The lowest BCUT2D eigenvalue weighted by Crippen LogP contribution is -2.48. The largest absolute Gasteiger partial charge is 0.399 e. The molecule has 4 heteroatoms. The molecule has 3 N–H and O–H groups in total. The maximum Gasteiger partial charge on any atom is 0.0720 e. The molecule has 2 aromatic carbocycles. The summed E-state index contributed by atoms with van der Waals surface area (Å²) >= 11 is 0. The fourth-order valence-corrected chi connectivity index (χ4v) is 4.75. The number of hydrogen-bond donors (Lipinski definition) is 2. The van der Waals surface area contributed by atoms with Gasteiger partial charge < -0.3 is 11.1 Å². The van der Waals surface area contributed by atoms with Crippen LogP contribution in [0.1, 0.15) is 31.4 Å². The average molecular weight is 467 g/mol. The van der Waals surface area contributed by atoms with Gasteiger partial charge in [0.15, 0.2) is 0 Å². The molecule has 0 amide bonds. The summed E-state index contributed by atoms with van der Waals surface area (Å²) in [6.07, 6.45) is 12.1. The average Bonchev–Trinajstić information content (AvgIpc) is 2.86. The number of piperazine rings is 1. The molecule has 2 aromatic rings. The summed E-state index contributed by atoms with van der Waals surface area (Å²) in [5, 5.41) is 3.51. The highest BCUT2D eigenvalue weighted by Gasteiger charge is 2.15. The van der Waals surface area contributed by atoms with Crippen LogP contribution in [0.2, 0.25) is 0 Å². The predicted molar refractivity (Wildman–Crippen MR) is 150 cm³/mol. The second kappa shape index (κ2) is 12.0. The molecule has 4 rings (SSSR count). The molecule has 1 aliphatic carbocycles. The first-order chi connectivity index (χ1) is 17.0. The zero-order chi connectivity index (χ0) is 24.6. The topological polar surface area (TPSA) is 53.6 Å². The molecule has 0 aromatic heterocycles. The van der Waals surface area contributed by atoms with Crippen molar-refractivity contribution in [3.05, 3.63) is 108 Å². The van der Waals surface area contributed by atoms with E-state index in [1.807, 2.05) is 13.0 Å². The summed E-state index contributed by atoms with van der Waals surface area (Å²) in [6.45, 7) is 12.3. The van der Waals surface area contributed by atoms with Gasteiger partial charge in [0.2, 0.25) is 0 Å². The van der Waals surface area contributed by atoms with E-state index in [1.165, 1.54) is 27.8 Å². The van der Waals surface area contributed by atoms with Crippen molar-refractivity contribution in [3.63, 3.8) is 0 Å². The van der Waals surface area contributed by atoms with Crippen LogP contribution in [0, 0.1) is 0 Å². The maximum absolute atomic E-state index is 5.81. The minimum absolute atomic E-state index is 0.174. The van der Waals surface area contributed by atoms with Gasteiger partial charge in [0, 0.05) is 43.6 Å². The van der Waals surface area contributed by atoms with E-state index in [1.54, 1.807) is 6.08 Å². The standard InChI is InChI=1S/C31H38N4/c1-4-30(32)19-23(2)34-31-15-9-26(10-16-31)20-25-5-11-28(12-6-25)29-13-7-27(8-14-29)22-35-18-17-33-24(3)21-35/h4-15,19,24,31,33H,1,16-18,20-22,32H2,2-3H3. The molecule has 2 aliphatic rings. The minimum atomic E-state index is 0.174. The van der Waals surface area contributed by atoms with Crippen LogP contribution in [0.3, 0.4) is 0 Å². The van der Waals surface area contributed by atoms with Crippen molar-refractivity contribution in [1.82, 2.24) is 10.2 Å². The molecule has 1 fully saturated rings. The minimum Gasteiger partial charge on any atom is -0.399 e. The Bertz CT molecular complexity index is 1120. The first-order valence-corrected chi connectivity index (χ1v) is 12.6. The SMILES string of the molecule is C=CC(N)=CC(C)=NC1C=CC(Cc2ccc(-c3ccc(CN4CCNC(C)C4)cc3)cc2)=CC1.